The number of carbonyl (C=O) groups excluding carboxylic acids is 1. The standard InChI is InChI=1S/C23H20FNO5S/c1-3-17-13-14-19(25-31(27,28)20-12-8-7-11-18(20)24)21(22(17)29-2)23(26)30-15-16-9-5-4-6-10-16/h3-14,25H,1,15H2,2H3. The van der Waals surface area contributed by atoms with Crippen LogP contribution in [0.3, 0.4) is 0 Å². The molecule has 31 heavy (non-hydrogen) atoms. The highest BCUT2D eigenvalue weighted by molar-refractivity contribution is 7.92. The first-order valence-electron chi connectivity index (χ1n) is 9.19. The van der Waals surface area contributed by atoms with Gasteiger partial charge in [-0.05, 0) is 29.8 Å². The second-order valence-electron chi connectivity index (χ2n) is 6.41. The fourth-order valence-electron chi connectivity index (χ4n) is 2.92. The minimum Gasteiger partial charge on any atom is -0.495 e. The molecule has 3 aromatic rings. The molecule has 0 spiro atoms. The minimum absolute atomic E-state index is 0.0271. The van der Waals surface area contributed by atoms with Crippen molar-refractivity contribution in [2.24, 2.45) is 0 Å². The monoisotopic (exact) mass is 441 g/mol. The third-order valence-electron chi connectivity index (χ3n) is 4.40. The summed E-state index contributed by atoms with van der Waals surface area (Å²) >= 11 is 0. The van der Waals surface area contributed by atoms with Crippen molar-refractivity contribution in [3.8, 4) is 5.75 Å². The van der Waals surface area contributed by atoms with Crippen LogP contribution < -0.4 is 9.46 Å². The summed E-state index contributed by atoms with van der Waals surface area (Å²) in [6.45, 7) is 3.65. The Labute approximate surface area is 180 Å². The molecule has 0 aliphatic rings. The van der Waals surface area contributed by atoms with Gasteiger partial charge in [-0.15, -0.1) is 0 Å². The molecule has 0 saturated heterocycles. The molecule has 0 aliphatic heterocycles. The average Bonchev–Trinajstić information content (AvgIpc) is 2.77. The van der Waals surface area contributed by atoms with E-state index in [4.69, 9.17) is 9.47 Å². The van der Waals surface area contributed by atoms with E-state index in [9.17, 15) is 17.6 Å². The van der Waals surface area contributed by atoms with Crippen molar-refractivity contribution < 1.29 is 27.1 Å². The fourth-order valence-corrected chi connectivity index (χ4v) is 4.08. The number of esters is 1. The zero-order valence-corrected chi connectivity index (χ0v) is 17.5. The minimum atomic E-state index is -4.33. The van der Waals surface area contributed by atoms with Gasteiger partial charge in [0.1, 0.15) is 28.6 Å². The largest absolute Gasteiger partial charge is 0.495 e. The van der Waals surface area contributed by atoms with Gasteiger partial charge in [-0.3, -0.25) is 4.72 Å². The number of rotatable bonds is 8. The molecule has 0 bridgehead atoms. The van der Waals surface area contributed by atoms with E-state index in [0.29, 0.717) is 5.56 Å². The predicted octanol–water partition coefficient (Wildman–Crippen LogP) is 4.64. The maximum Gasteiger partial charge on any atom is 0.344 e. The van der Waals surface area contributed by atoms with Crippen molar-refractivity contribution in [3.63, 3.8) is 0 Å². The zero-order chi connectivity index (χ0) is 22.4. The van der Waals surface area contributed by atoms with Gasteiger partial charge in [-0.2, -0.15) is 0 Å². The first kappa shape index (κ1) is 22.0. The molecule has 0 saturated carbocycles. The summed E-state index contributed by atoms with van der Waals surface area (Å²) in [6.07, 6.45) is 1.46. The Kier molecular flexibility index (Phi) is 6.71. The van der Waals surface area contributed by atoms with Gasteiger partial charge in [-0.25, -0.2) is 17.6 Å². The highest BCUT2D eigenvalue weighted by Gasteiger charge is 2.26. The number of sulfonamides is 1. The molecule has 0 radical (unpaired) electrons. The predicted molar refractivity (Wildman–Crippen MR) is 116 cm³/mol. The first-order chi connectivity index (χ1) is 14.9. The van der Waals surface area contributed by atoms with Gasteiger partial charge in [0.25, 0.3) is 10.0 Å². The number of methoxy groups -OCH3 is 1. The lowest BCUT2D eigenvalue weighted by molar-refractivity contribution is 0.0470. The Balaban J connectivity index is 2.01. The molecule has 3 aromatic carbocycles. The Hall–Kier alpha value is -3.65. The third kappa shape index (κ3) is 4.92. The van der Waals surface area contributed by atoms with Crippen LogP contribution in [0.2, 0.25) is 0 Å². The average molecular weight is 441 g/mol. The summed E-state index contributed by atoms with van der Waals surface area (Å²) in [7, 11) is -2.99. The van der Waals surface area contributed by atoms with Gasteiger partial charge in [-0.1, -0.05) is 55.1 Å². The highest BCUT2D eigenvalue weighted by atomic mass is 32.2. The van der Waals surface area contributed by atoms with E-state index < -0.39 is 26.7 Å². The van der Waals surface area contributed by atoms with Crippen LogP contribution in [0.25, 0.3) is 6.08 Å². The van der Waals surface area contributed by atoms with E-state index >= 15 is 0 Å². The lowest BCUT2D eigenvalue weighted by atomic mass is 10.1. The van der Waals surface area contributed by atoms with Crippen LogP contribution in [0.15, 0.2) is 78.2 Å². The molecule has 0 amide bonds. The lowest BCUT2D eigenvalue weighted by Gasteiger charge is -2.17. The van der Waals surface area contributed by atoms with Gasteiger partial charge in [0.05, 0.1) is 12.8 Å². The molecular formula is C23H20FNO5S. The Bertz CT molecular complexity index is 1210. The van der Waals surface area contributed by atoms with E-state index in [-0.39, 0.29) is 23.6 Å². The zero-order valence-electron chi connectivity index (χ0n) is 16.7. The van der Waals surface area contributed by atoms with Crippen LogP contribution in [-0.2, 0) is 21.4 Å². The maximum atomic E-state index is 14.1. The van der Waals surface area contributed by atoms with Crippen molar-refractivity contribution in [1.29, 1.82) is 0 Å². The van der Waals surface area contributed by atoms with Crippen LogP contribution in [0.1, 0.15) is 21.5 Å². The molecule has 0 fully saturated rings. The summed E-state index contributed by atoms with van der Waals surface area (Å²) < 4.78 is 52.6. The van der Waals surface area contributed by atoms with Gasteiger partial charge in [0.2, 0.25) is 0 Å². The molecule has 160 valence electrons. The molecule has 0 aromatic heterocycles. The number of nitrogens with one attached hydrogen (secondary N) is 1. The molecule has 1 N–H and O–H groups in total. The second-order valence-corrected chi connectivity index (χ2v) is 8.06. The van der Waals surface area contributed by atoms with E-state index in [2.05, 4.69) is 11.3 Å². The van der Waals surface area contributed by atoms with E-state index in [0.717, 1.165) is 17.7 Å². The van der Waals surface area contributed by atoms with Crippen LogP contribution in [0, 0.1) is 5.82 Å². The van der Waals surface area contributed by atoms with Crippen molar-refractivity contribution in [2.75, 3.05) is 11.8 Å². The molecular weight excluding hydrogens is 421 g/mol. The SMILES string of the molecule is C=Cc1ccc(NS(=O)(=O)c2ccccc2F)c(C(=O)OCc2ccccc2)c1OC. The Morgan fingerprint density at radius 1 is 1.06 bits per heavy atom. The number of carbonyl (C=O) groups is 1. The highest BCUT2D eigenvalue weighted by Crippen LogP contribution is 2.34. The van der Waals surface area contributed by atoms with Crippen molar-refractivity contribution >= 4 is 27.8 Å². The molecule has 6 nitrogen and oxygen atoms in total. The number of halogens is 1. The Morgan fingerprint density at radius 2 is 1.74 bits per heavy atom. The second kappa shape index (κ2) is 9.44. The van der Waals surface area contributed by atoms with E-state index in [1.165, 1.54) is 37.5 Å². The van der Waals surface area contributed by atoms with Crippen LogP contribution >= 0.6 is 0 Å². The maximum absolute atomic E-state index is 14.1. The topological polar surface area (TPSA) is 81.7 Å². The summed E-state index contributed by atoms with van der Waals surface area (Å²) in [4.78, 5) is 12.4. The van der Waals surface area contributed by atoms with Gasteiger partial charge < -0.3 is 9.47 Å². The molecule has 0 unspecified atom stereocenters. The van der Waals surface area contributed by atoms with Crippen LogP contribution in [0.4, 0.5) is 10.1 Å². The molecule has 8 heteroatoms. The fraction of sp³-hybridized carbons (Fsp3) is 0.0870. The summed E-state index contributed by atoms with van der Waals surface area (Å²) in [5, 5.41) is 0. The van der Waals surface area contributed by atoms with E-state index in [1.54, 1.807) is 24.3 Å². The smallest absolute Gasteiger partial charge is 0.344 e. The number of benzene rings is 3. The number of anilines is 1. The van der Waals surface area contributed by atoms with E-state index in [1.807, 2.05) is 6.07 Å². The van der Waals surface area contributed by atoms with Crippen LogP contribution in [0.5, 0.6) is 5.75 Å². The molecule has 3 rings (SSSR count). The number of hydrogen-bond acceptors (Lipinski definition) is 5. The summed E-state index contributed by atoms with van der Waals surface area (Å²) in [5.74, 6) is -1.64. The normalized spacial score (nSPS) is 10.9. The van der Waals surface area contributed by atoms with Gasteiger partial charge >= 0.3 is 5.97 Å². The van der Waals surface area contributed by atoms with Gasteiger partial charge in [0, 0.05) is 5.56 Å². The quantitative estimate of drug-likeness (QED) is 0.515. The first-order valence-corrected chi connectivity index (χ1v) is 10.7. The number of hydrogen-bond donors (Lipinski definition) is 1. The molecule has 0 aliphatic carbocycles. The number of ether oxygens (including phenoxy) is 2. The third-order valence-corrected chi connectivity index (χ3v) is 5.80. The van der Waals surface area contributed by atoms with Gasteiger partial charge in [0.15, 0.2) is 0 Å². The Morgan fingerprint density at radius 3 is 2.39 bits per heavy atom. The lowest BCUT2D eigenvalue weighted by Crippen LogP contribution is -2.18. The van der Waals surface area contributed by atoms with Crippen molar-refractivity contribution in [3.05, 3.63) is 95.8 Å². The summed E-state index contributed by atoms with van der Waals surface area (Å²) in [6, 6.07) is 16.8. The molecule has 0 atom stereocenters. The van der Waals surface area contributed by atoms with Crippen molar-refractivity contribution in [1.82, 2.24) is 0 Å². The van der Waals surface area contributed by atoms with Crippen molar-refractivity contribution in [2.45, 2.75) is 11.5 Å². The van der Waals surface area contributed by atoms with Crippen LogP contribution in [-0.4, -0.2) is 21.5 Å². The molecule has 0 heterocycles. The summed E-state index contributed by atoms with van der Waals surface area (Å²) in [5.41, 5.74) is 0.964.